The van der Waals surface area contributed by atoms with Gasteiger partial charge in [-0.05, 0) is 29.8 Å². The molecule has 9 nitrogen and oxygen atoms in total. The van der Waals surface area contributed by atoms with E-state index in [9.17, 15) is 28.0 Å². The first-order valence-electron chi connectivity index (χ1n) is 10.5. The molecule has 1 aliphatic rings. The van der Waals surface area contributed by atoms with Crippen LogP contribution in [0, 0.1) is 11.6 Å². The Labute approximate surface area is 192 Å². The second-order valence-corrected chi connectivity index (χ2v) is 7.81. The summed E-state index contributed by atoms with van der Waals surface area (Å²) in [4.78, 5) is 54.0. The lowest BCUT2D eigenvalue weighted by molar-refractivity contribution is -0.130. The number of piperazine rings is 1. The van der Waals surface area contributed by atoms with E-state index in [4.69, 9.17) is 0 Å². The number of rotatable bonds is 4. The first-order valence-corrected chi connectivity index (χ1v) is 10.5. The molecule has 1 aliphatic heterocycles. The normalized spacial score (nSPS) is 13.7. The van der Waals surface area contributed by atoms with E-state index in [2.05, 4.69) is 5.10 Å². The fraction of sp³-hybridized carbons (Fsp3) is 0.261. The maximum Gasteiger partial charge on any atom is 0.352 e. The average Bonchev–Trinajstić information content (AvgIpc) is 2.83. The number of carbonyl (C=O) groups excluding carboxylic acids is 2. The molecule has 3 aromatic rings. The van der Waals surface area contributed by atoms with Gasteiger partial charge in [0.2, 0.25) is 11.6 Å². The smallest absolute Gasteiger partial charge is 0.339 e. The van der Waals surface area contributed by atoms with Gasteiger partial charge in [-0.1, -0.05) is 24.3 Å². The highest BCUT2D eigenvalue weighted by Crippen LogP contribution is 2.11. The van der Waals surface area contributed by atoms with Gasteiger partial charge in [0, 0.05) is 33.1 Å². The van der Waals surface area contributed by atoms with Crippen LogP contribution in [0.15, 0.2) is 58.1 Å². The van der Waals surface area contributed by atoms with E-state index in [-0.39, 0.29) is 44.3 Å². The highest BCUT2D eigenvalue weighted by molar-refractivity contribution is 5.92. The lowest BCUT2D eigenvalue weighted by Crippen LogP contribution is -2.52. The Morgan fingerprint density at radius 1 is 0.912 bits per heavy atom. The number of amides is 2. The Bertz CT molecular complexity index is 1360. The van der Waals surface area contributed by atoms with Gasteiger partial charge in [-0.3, -0.25) is 19.0 Å². The summed E-state index contributed by atoms with van der Waals surface area (Å²) < 4.78 is 29.3. The second kappa shape index (κ2) is 9.38. The Hall–Kier alpha value is -4.15. The van der Waals surface area contributed by atoms with Crippen LogP contribution in [-0.2, 0) is 11.3 Å². The molecule has 0 atom stereocenters. The van der Waals surface area contributed by atoms with Gasteiger partial charge in [0.1, 0.15) is 17.3 Å². The molecule has 2 aromatic carbocycles. The number of benzene rings is 2. The fourth-order valence-corrected chi connectivity index (χ4v) is 3.72. The van der Waals surface area contributed by atoms with Crippen LogP contribution >= 0.6 is 0 Å². The monoisotopic (exact) mass is 469 g/mol. The van der Waals surface area contributed by atoms with E-state index in [0.29, 0.717) is 10.2 Å². The largest absolute Gasteiger partial charge is 0.352 e. The number of halogens is 2. The van der Waals surface area contributed by atoms with Crippen molar-refractivity contribution in [2.24, 2.45) is 0 Å². The molecular weight excluding hydrogens is 448 g/mol. The summed E-state index contributed by atoms with van der Waals surface area (Å²) in [5, 5.41) is 3.95. The summed E-state index contributed by atoms with van der Waals surface area (Å²) in [6, 6.07) is 10.5. The highest BCUT2D eigenvalue weighted by Gasteiger charge is 2.28. The summed E-state index contributed by atoms with van der Waals surface area (Å²) in [5.41, 5.74) is -2.24. The minimum Gasteiger partial charge on any atom is -0.339 e. The summed E-state index contributed by atoms with van der Waals surface area (Å²) in [6.45, 7) is 2.09. The number of nitrogens with zero attached hydrogens (tertiary/aromatic N) is 5. The predicted molar refractivity (Wildman–Crippen MR) is 118 cm³/mol. The molecule has 2 amide bonds. The third-order valence-electron chi connectivity index (χ3n) is 5.61. The summed E-state index contributed by atoms with van der Waals surface area (Å²) >= 11 is 0. The van der Waals surface area contributed by atoms with Crippen LogP contribution < -0.4 is 11.2 Å². The van der Waals surface area contributed by atoms with Crippen molar-refractivity contribution >= 4 is 11.8 Å². The molecule has 0 saturated carbocycles. The molecule has 1 aromatic heterocycles. The number of aromatic nitrogens is 3. The zero-order valence-corrected chi connectivity index (χ0v) is 18.3. The number of para-hydroxylation sites is 1. The van der Waals surface area contributed by atoms with Gasteiger partial charge in [-0.2, -0.15) is 9.78 Å². The summed E-state index contributed by atoms with van der Waals surface area (Å²) in [5.74, 6) is -2.11. The Morgan fingerprint density at radius 3 is 2.15 bits per heavy atom. The average molecular weight is 469 g/mol. The molecule has 11 heteroatoms. The fourth-order valence-electron chi connectivity index (χ4n) is 3.72. The molecule has 1 fully saturated rings. The van der Waals surface area contributed by atoms with E-state index in [0.717, 1.165) is 10.6 Å². The standard InChI is InChI=1S/C23H21F2N5O4/c1-15(31)27-10-12-28(13-11-27)21(32)20-22(33)29(14-16-6-8-17(24)9-7-16)23(34)30(26-20)19-5-3-2-4-18(19)25/h2-9H,10-14H2,1H3. The van der Waals surface area contributed by atoms with Crippen molar-refractivity contribution in [3.05, 3.63) is 92.3 Å². The lowest BCUT2D eigenvalue weighted by atomic mass is 10.2. The molecule has 1 saturated heterocycles. The number of hydrogen-bond acceptors (Lipinski definition) is 5. The van der Waals surface area contributed by atoms with Crippen LogP contribution in [-0.4, -0.2) is 62.1 Å². The van der Waals surface area contributed by atoms with Crippen molar-refractivity contribution in [1.29, 1.82) is 0 Å². The van der Waals surface area contributed by atoms with E-state index >= 15 is 0 Å². The van der Waals surface area contributed by atoms with Crippen LogP contribution in [0.5, 0.6) is 0 Å². The van der Waals surface area contributed by atoms with Crippen LogP contribution in [0.3, 0.4) is 0 Å². The minimum absolute atomic E-state index is 0.125. The molecule has 176 valence electrons. The first kappa shape index (κ1) is 23.0. The van der Waals surface area contributed by atoms with Crippen molar-refractivity contribution in [3.63, 3.8) is 0 Å². The third kappa shape index (κ3) is 4.49. The van der Waals surface area contributed by atoms with Crippen molar-refractivity contribution in [2.45, 2.75) is 13.5 Å². The Morgan fingerprint density at radius 2 is 1.53 bits per heavy atom. The topological polar surface area (TPSA) is 97.5 Å². The lowest BCUT2D eigenvalue weighted by Gasteiger charge is -2.33. The first-order chi connectivity index (χ1) is 16.3. The van der Waals surface area contributed by atoms with Crippen LogP contribution in [0.4, 0.5) is 8.78 Å². The second-order valence-electron chi connectivity index (χ2n) is 7.81. The van der Waals surface area contributed by atoms with Gasteiger partial charge >= 0.3 is 5.69 Å². The summed E-state index contributed by atoms with van der Waals surface area (Å²) in [7, 11) is 0. The maximum atomic E-state index is 14.5. The van der Waals surface area contributed by atoms with Gasteiger partial charge < -0.3 is 9.80 Å². The van der Waals surface area contributed by atoms with Crippen molar-refractivity contribution < 1.29 is 18.4 Å². The van der Waals surface area contributed by atoms with Gasteiger partial charge in [0.15, 0.2) is 0 Å². The van der Waals surface area contributed by atoms with Gasteiger partial charge in [0.05, 0.1) is 6.54 Å². The minimum atomic E-state index is -0.947. The molecule has 0 N–H and O–H groups in total. The molecule has 0 spiro atoms. The van der Waals surface area contributed by atoms with E-state index < -0.39 is 34.5 Å². The van der Waals surface area contributed by atoms with Crippen molar-refractivity contribution in [2.75, 3.05) is 26.2 Å². The quantitative estimate of drug-likeness (QED) is 0.569. The molecule has 4 rings (SSSR count). The predicted octanol–water partition coefficient (Wildman–Crippen LogP) is 1.02. The summed E-state index contributed by atoms with van der Waals surface area (Å²) in [6.07, 6.45) is 0. The van der Waals surface area contributed by atoms with E-state index in [1.807, 2.05) is 0 Å². The highest BCUT2D eigenvalue weighted by atomic mass is 19.1. The van der Waals surface area contributed by atoms with Gasteiger partial charge in [-0.15, -0.1) is 0 Å². The van der Waals surface area contributed by atoms with E-state index in [1.165, 1.54) is 54.3 Å². The van der Waals surface area contributed by atoms with Gasteiger partial charge in [-0.25, -0.2) is 13.6 Å². The SMILES string of the molecule is CC(=O)N1CCN(C(=O)c2nn(-c3ccccc3F)c(=O)n(Cc3ccc(F)cc3)c2=O)CC1. The number of carbonyl (C=O) groups is 2. The maximum absolute atomic E-state index is 14.5. The zero-order chi connectivity index (χ0) is 24.4. The molecule has 0 radical (unpaired) electrons. The molecular formula is C23H21F2N5O4. The molecule has 0 aliphatic carbocycles. The molecule has 34 heavy (non-hydrogen) atoms. The third-order valence-corrected chi connectivity index (χ3v) is 5.61. The Kier molecular flexibility index (Phi) is 6.35. The molecule has 2 heterocycles. The van der Waals surface area contributed by atoms with Crippen LogP contribution in [0.1, 0.15) is 23.0 Å². The number of hydrogen-bond donors (Lipinski definition) is 0. The zero-order valence-electron chi connectivity index (χ0n) is 18.3. The van der Waals surface area contributed by atoms with Crippen LogP contribution in [0.2, 0.25) is 0 Å². The van der Waals surface area contributed by atoms with Crippen LogP contribution in [0.25, 0.3) is 5.69 Å². The van der Waals surface area contributed by atoms with Crippen molar-refractivity contribution in [1.82, 2.24) is 24.1 Å². The van der Waals surface area contributed by atoms with E-state index in [1.54, 1.807) is 4.90 Å². The molecule has 0 bridgehead atoms. The molecule has 0 unspecified atom stereocenters. The Balaban J connectivity index is 1.80. The van der Waals surface area contributed by atoms with Gasteiger partial charge in [0.25, 0.3) is 11.5 Å². The van der Waals surface area contributed by atoms with Crippen molar-refractivity contribution in [3.8, 4) is 5.69 Å².